The molecule has 4 nitrogen and oxygen atoms in total. The van der Waals surface area contributed by atoms with E-state index in [1.807, 2.05) is 66.7 Å². The molecule has 1 unspecified atom stereocenters. The number of ether oxygens (including phenoxy) is 1. The third-order valence-electron chi connectivity index (χ3n) is 14.2. The number of hydrogen-bond acceptors (Lipinski definition) is 1. The van der Waals surface area contributed by atoms with Crippen molar-refractivity contribution >= 4 is 11.0 Å². The second kappa shape index (κ2) is 14.9. The Kier molecular flexibility index (Phi) is 7.57. The molecule has 8 aromatic rings. The lowest BCUT2D eigenvalue weighted by atomic mass is 9.80. The number of benzene rings is 6. The summed E-state index contributed by atoms with van der Waals surface area (Å²) in [5, 5.41) is 0. The van der Waals surface area contributed by atoms with Gasteiger partial charge in [0.15, 0.2) is 23.0 Å². The van der Waals surface area contributed by atoms with Crippen LogP contribution < -0.4 is 13.9 Å². The largest absolute Gasteiger partial charge is 0.499 e. The normalized spacial score (nSPS) is 17.9. The summed E-state index contributed by atoms with van der Waals surface area (Å²) < 4.78 is 101. The number of rotatable bonds is 7. The summed E-state index contributed by atoms with van der Waals surface area (Å²) in [7, 11) is 0. The molecule has 3 aliphatic heterocycles. The van der Waals surface area contributed by atoms with Gasteiger partial charge in [-0.25, -0.2) is 0 Å². The maximum Gasteiger partial charge on any atom is 0.499 e. The molecular weight excluding hydrogens is 815 g/mol. The van der Waals surface area contributed by atoms with Crippen molar-refractivity contribution in [3.05, 3.63) is 166 Å². The average molecular weight is 891 g/mol. The molecule has 0 saturated heterocycles. The highest BCUT2D eigenvalue weighted by Crippen LogP contribution is 2.56. The van der Waals surface area contributed by atoms with Crippen LogP contribution in [0.15, 0.2) is 127 Å². The number of hydrogen-bond donors (Lipinski definition) is 0. The van der Waals surface area contributed by atoms with Crippen molar-refractivity contribution in [1.82, 2.24) is 4.57 Å². The average Bonchev–Trinajstić information content (AvgIpc) is 3.84. The van der Waals surface area contributed by atoms with E-state index >= 15 is 0 Å². The number of pyridine rings is 1. The third kappa shape index (κ3) is 6.30. The number of nitrogens with zero attached hydrogens (tertiary/aromatic N) is 3. The predicted molar refractivity (Wildman–Crippen MR) is 278 cm³/mol. The fourth-order valence-electron chi connectivity index (χ4n) is 10.6. The van der Waals surface area contributed by atoms with Crippen LogP contribution in [-0.4, -0.2) is 4.57 Å². The smallest absolute Gasteiger partial charge is 0.392 e. The van der Waals surface area contributed by atoms with Gasteiger partial charge in [0.25, 0.3) is 0 Å². The molecule has 0 radical (unpaired) electrons. The molecule has 338 valence electrons. The van der Waals surface area contributed by atoms with E-state index in [1.54, 1.807) is 4.57 Å². The number of fused-ring (bicyclic) bond motifs is 5. The Morgan fingerprint density at radius 3 is 1.87 bits per heavy atom. The van der Waals surface area contributed by atoms with Gasteiger partial charge in [-0.05, 0) is 133 Å². The van der Waals surface area contributed by atoms with Gasteiger partial charge in [-0.3, -0.25) is 0 Å². The summed E-state index contributed by atoms with van der Waals surface area (Å²) in [6.07, 6.45) is -0.308. The van der Waals surface area contributed by atoms with E-state index < -0.39 is 34.5 Å². The first-order valence-corrected chi connectivity index (χ1v) is 23.9. The molecule has 0 N–H and O–H groups in total. The van der Waals surface area contributed by atoms with Crippen LogP contribution in [-0.2, 0) is 16.7 Å². The van der Waals surface area contributed by atoms with Gasteiger partial charge in [-0.1, -0.05) is 164 Å². The van der Waals surface area contributed by atoms with E-state index in [0.717, 1.165) is 78.2 Å². The van der Waals surface area contributed by atoms with Gasteiger partial charge in [0.05, 0.1) is 13.8 Å². The zero-order valence-corrected chi connectivity index (χ0v) is 41.5. The highest BCUT2D eigenvalue weighted by Gasteiger charge is 2.69. The molecule has 6 aromatic carbocycles. The van der Waals surface area contributed by atoms with E-state index in [-0.39, 0.29) is 70.6 Å². The SMILES string of the molecule is [2H]c1c([2H])c(C(C)(C)C)c([2H])c([2H])c1-c1c([2H])c([2H])[n+]2c(c1[2H])-c1cc(C(C)(C)C)cc3c1C21Oc2c(cc(C(C)C)cc2C(C)C)-c2n(-c4ccc(-c5c(C([2H])(C)C)cccc5C([2H])(C)C)cc4)c4cccc-3c4[n+]21. The topological polar surface area (TPSA) is 21.9 Å². The predicted octanol–water partition coefficient (Wildman–Crippen LogP) is 15.9. The summed E-state index contributed by atoms with van der Waals surface area (Å²) in [4.78, 5) is 0. The molecule has 11 rings (SSSR count). The van der Waals surface area contributed by atoms with Crippen molar-refractivity contribution in [2.45, 2.75) is 137 Å². The first kappa shape index (κ1) is 34.1. The molecule has 2 aromatic heterocycles. The lowest BCUT2D eigenvalue weighted by Crippen LogP contribution is -2.78. The van der Waals surface area contributed by atoms with E-state index in [1.165, 1.54) is 0 Å². The second-order valence-corrected chi connectivity index (χ2v) is 22.1. The fourth-order valence-corrected chi connectivity index (χ4v) is 10.6. The van der Waals surface area contributed by atoms with Crippen molar-refractivity contribution in [1.29, 1.82) is 0 Å². The number of imidazole rings is 1. The molecular formula is C63H67N3O+2. The third-order valence-corrected chi connectivity index (χ3v) is 14.2. The molecule has 4 heteroatoms. The Bertz CT molecular complexity index is 3800. The van der Waals surface area contributed by atoms with E-state index in [0.29, 0.717) is 16.9 Å². The lowest BCUT2D eigenvalue weighted by Gasteiger charge is -2.34. The van der Waals surface area contributed by atoms with Crippen LogP contribution in [0, 0.1) is 0 Å². The van der Waals surface area contributed by atoms with Crippen LogP contribution in [0.2, 0.25) is 0 Å². The Labute approximate surface area is 411 Å². The Hall–Kier alpha value is -6.26. The van der Waals surface area contributed by atoms with Crippen LogP contribution in [0.5, 0.6) is 5.75 Å². The van der Waals surface area contributed by atoms with Gasteiger partial charge < -0.3 is 4.74 Å². The zero-order valence-electron chi connectivity index (χ0n) is 50.5. The zero-order chi connectivity index (χ0) is 55.2. The second-order valence-electron chi connectivity index (χ2n) is 22.1. The lowest BCUT2D eigenvalue weighted by molar-refractivity contribution is -0.997. The molecule has 0 fully saturated rings. The van der Waals surface area contributed by atoms with Gasteiger partial charge in [0, 0.05) is 26.0 Å². The number of para-hydroxylation sites is 1. The van der Waals surface area contributed by atoms with Crippen molar-refractivity contribution in [2.24, 2.45) is 0 Å². The maximum atomic E-state index is 10.4. The molecule has 1 spiro atoms. The minimum atomic E-state index is -1.72. The summed E-state index contributed by atoms with van der Waals surface area (Å²) in [5.41, 5.74) is 12.0. The van der Waals surface area contributed by atoms with Crippen LogP contribution in [0.1, 0.15) is 172 Å². The van der Waals surface area contributed by atoms with Crippen LogP contribution in [0.4, 0.5) is 0 Å². The Morgan fingerprint density at radius 2 is 1.25 bits per heavy atom. The Morgan fingerprint density at radius 1 is 0.612 bits per heavy atom. The minimum Gasteiger partial charge on any atom is -0.392 e. The van der Waals surface area contributed by atoms with Gasteiger partial charge >= 0.3 is 11.7 Å². The monoisotopic (exact) mass is 891 g/mol. The minimum absolute atomic E-state index is 0.0203. The quantitative estimate of drug-likeness (QED) is 0.146. The summed E-state index contributed by atoms with van der Waals surface area (Å²) >= 11 is 0. The van der Waals surface area contributed by atoms with Crippen molar-refractivity contribution < 1.29 is 26.2 Å². The van der Waals surface area contributed by atoms with Crippen LogP contribution >= 0.6 is 0 Å². The van der Waals surface area contributed by atoms with Crippen molar-refractivity contribution in [3.63, 3.8) is 0 Å². The van der Waals surface area contributed by atoms with Crippen molar-refractivity contribution in [3.8, 4) is 67.5 Å². The van der Waals surface area contributed by atoms with Crippen LogP contribution in [0.25, 0.3) is 72.7 Å². The molecule has 0 amide bonds. The molecule has 0 saturated carbocycles. The molecule has 1 atom stereocenters. The van der Waals surface area contributed by atoms with Gasteiger partial charge in [0.1, 0.15) is 18.2 Å². The molecule has 67 heavy (non-hydrogen) atoms. The summed E-state index contributed by atoms with van der Waals surface area (Å²) in [5.74, 6) is -2.09. The highest BCUT2D eigenvalue weighted by atomic mass is 16.5. The van der Waals surface area contributed by atoms with Crippen molar-refractivity contribution in [2.75, 3.05) is 0 Å². The Balaban J connectivity index is 1.31. The molecule has 5 heterocycles. The highest BCUT2D eigenvalue weighted by molar-refractivity contribution is 5.98. The number of aromatic nitrogens is 3. The van der Waals surface area contributed by atoms with Gasteiger partial charge in [0.2, 0.25) is 5.69 Å². The van der Waals surface area contributed by atoms with E-state index in [9.17, 15) is 12.3 Å². The standard InChI is InChI=1S/C63H67N3O/c1-36(2)43-31-50(39(7)8)59-53(32-43)60-65(46-27-23-41(24-28-46)56-47(37(3)4)17-15-18-48(56)38(5)6)54-20-16-19-49-51-34-45(62(12,13)14)35-52-55-33-42(40-21-25-44(26-22-40)61(9,10)11)29-30-64(55)63(67-59,57(51)52)66(60)58(49)54/h15-39H,1-14H3/q+2/i21D,22D,25D,26D,29D,30D,33D,37D,38D. The van der Waals surface area contributed by atoms with Gasteiger partial charge in [-0.15, -0.1) is 9.13 Å². The summed E-state index contributed by atoms with van der Waals surface area (Å²) in [6, 6.07) is 27.6. The van der Waals surface area contributed by atoms with Crippen LogP contribution in [0.3, 0.4) is 0 Å². The van der Waals surface area contributed by atoms with Gasteiger partial charge in [-0.2, -0.15) is 4.57 Å². The van der Waals surface area contributed by atoms with E-state index in [4.69, 9.17) is 4.74 Å². The molecule has 0 aliphatic carbocycles. The molecule has 0 bridgehead atoms. The maximum absolute atomic E-state index is 10.4. The fraction of sp³-hybridized carbons (Fsp3) is 0.333. The van der Waals surface area contributed by atoms with E-state index in [2.05, 4.69) is 124 Å². The first-order chi connectivity index (χ1) is 35.3. The first-order valence-electron chi connectivity index (χ1n) is 28.4. The summed E-state index contributed by atoms with van der Waals surface area (Å²) in [6.45, 7) is 28.2. The molecule has 3 aliphatic rings.